The van der Waals surface area contributed by atoms with Gasteiger partial charge in [-0.05, 0) is 48.9 Å². The van der Waals surface area contributed by atoms with Gasteiger partial charge in [-0.25, -0.2) is 0 Å². The first-order valence-corrected chi connectivity index (χ1v) is 8.02. The van der Waals surface area contributed by atoms with Gasteiger partial charge in [0, 0.05) is 17.3 Å². The van der Waals surface area contributed by atoms with Crippen molar-refractivity contribution in [3.63, 3.8) is 0 Å². The molecule has 3 heteroatoms. The lowest BCUT2D eigenvalue weighted by Crippen LogP contribution is -2.37. The number of hydrogen-bond donors (Lipinski definition) is 2. The van der Waals surface area contributed by atoms with Crippen molar-refractivity contribution < 1.29 is 4.79 Å². The summed E-state index contributed by atoms with van der Waals surface area (Å²) in [7, 11) is 0. The van der Waals surface area contributed by atoms with Crippen LogP contribution in [0.3, 0.4) is 0 Å². The number of aryl methyl sites for hydroxylation is 1. The Labute approximate surface area is 138 Å². The highest BCUT2D eigenvalue weighted by molar-refractivity contribution is 5.96. The minimum atomic E-state index is -0.0637. The summed E-state index contributed by atoms with van der Waals surface area (Å²) in [6, 6.07) is 15.9. The molecule has 1 amide bonds. The lowest BCUT2D eigenvalue weighted by molar-refractivity contribution is 0.0934. The van der Waals surface area contributed by atoms with E-state index in [2.05, 4.69) is 43.4 Å². The Kier molecular flexibility index (Phi) is 5.09. The predicted molar refractivity (Wildman–Crippen MR) is 96.6 cm³/mol. The maximum Gasteiger partial charge on any atom is 0.251 e. The minimum Gasteiger partial charge on any atom is -0.399 e. The molecule has 0 aromatic heterocycles. The van der Waals surface area contributed by atoms with Crippen LogP contribution < -0.4 is 11.1 Å². The lowest BCUT2D eigenvalue weighted by atomic mass is 9.79. The molecule has 0 aliphatic rings. The number of hydrogen-bond acceptors (Lipinski definition) is 2. The van der Waals surface area contributed by atoms with Gasteiger partial charge in [-0.2, -0.15) is 0 Å². The molecular formula is C20H26N2O. The number of nitrogens with two attached hydrogens (primary N) is 1. The normalized spacial score (nSPS) is 12.7. The van der Waals surface area contributed by atoms with E-state index in [4.69, 9.17) is 5.73 Å². The number of benzene rings is 2. The topological polar surface area (TPSA) is 55.1 Å². The van der Waals surface area contributed by atoms with Crippen LogP contribution in [-0.4, -0.2) is 11.9 Å². The smallest absolute Gasteiger partial charge is 0.251 e. The van der Waals surface area contributed by atoms with Crippen molar-refractivity contribution in [2.75, 3.05) is 5.73 Å². The molecule has 0 aliphatic heterocycles. The zero-order valence-electron chi connectivity index (χ0n) is 14.4. The highest BCUT2D eigenvalue weighted by Gasteiger charge is 2.24. The van der Waals surface area contributed by atoms with Crippen LogP contribution in [0.4, 0.5) is 5.69 Å². The number of carbonyl (C=O) groups is 1. The summed E-state index contributed by atoms with van der Waals surface area (Å²) in [6.07, 6.45) is 0.865. The van der Waals surface area contributed by atoms with Crippen LogP contribution in [0, 0.1) is 6.92 Å². The van der Waals surface area contributed by atoms with Crippen LogP contribution in [0.5, 0.6) is 0 Å². The number of carbonyl (C=O) groups excluding carboxylic acids is 1. The van der Waals surface area contributed by atoms with Crippen LogP contribution >= 0.6 is 0 Å². The van der Waals surface area contributed by atoms with E-state index in [0.717, 1.165) is 12.0 Å². The van der Waals surface area contributed by atoms with E-state index in [-0.39, 0.29) is 17.4 Å². The number of anilines is 1. The number of nitrogens with one attached hydrogen (secondary N) is 1. The van der Waals surface area contributed by atoms with Crippen molar-refractivity contribution in [1.29, 1.82) is 0 Å². The third kappa shape index (κ3) is 4.35. The molecule has 0 bridgehead atoms. The fourth-order valence-electron chi connectivity index (χ4n) is 3.01. The quantitative estimate of drug-likeness (QED) is 0.818. The Morgan fingerprint density at radius 1 is 1.17 bits per heavy atom. The average Bonchev–Trinajstić information content (AvgIpc) is 2.50. The Hall–Kier alpha value is -2.29. The van der Waals surface area contributed by atoms with Gasteiger partial charge in [-0.1, -0.05) is 50.2 Å². The molecule has 0 saturated carbocycles. The molecule has 0 fully saturated rings. The maximum atomic E-state index is 12.5. The van der Waals surface area contributed by atoms with Gasteiger partial charge < -0.3 is 11.1 Å². The van der Waals surface area contributed by atoms with E-state index in [1.165, 1.54) is 5.56 Å². The van der Waals surface area contributed by atoms with Crippen LogP contribution in [-0.2, 0) is 5.41 Å². The molecule has 23 heavy (non-hydrogen) atoms. The summed E-state index contributed by atoms with van der Waals surface area (Å²) in [6.45, 7) is 8.38. The molecule has 1 unspecified atom stereocenters. The molecule has 2 aromatic rings. The summed E-state index contributed by atoms with van der Waals surface area (Å²) in [5, 5.41) is 3.10. The molecule has 3 N–H and O–H groups in total. The van der Waals surface area contributed by atoms with Crippen LogP contribution in [0.25, 0.3) is 0 Å². The van der Waals surface area contributed by atoms with Crippen LogP contribution in [0.1, 0.15) is 48.7 Å². The standard InChI is InChI=1S/C20H26N2O/c1-14-10-11-17(21)12-18(14)19(23)22-15(2)13-20(3,4)16-8-6-5-7-9-16/h5-12,15H,13,21H2,1-4H3,(H,22,23). The molecule has 0 saturated heterocycles. The van der Waals surface area contributed by atoms with Gasteiger partial charge in [0.2, 0.25) is 0 Å². The number of amides is 1. The third-order valence-corrected chi connectivity index (χ3v) is 4.26. The number of nitrogen functional groups attached to an aromatic ring is 1. The van der Waals surface area contributed by atoms with Gasteiger partial charge in [0.25, 0.3) is 5.91 Å². The SMILES string of the molecule is Cc1ccc(N)cc1C(=O)NC(C)CC(C)(C)c1ccccc1. The minimum absolute atomic E-state index is 0.00127. The highest BCUT2D eigenvalue weighted by atomic mass is 16.1. The zero-order valence-corrected chi connectivity index (χ0v) is 14.4. The molecule has 3 nitrogen and oxygen atoms in total. The van der Waals surface area contributed by atoms with E-state index < -0.39 is 0 Å². The van der Waals surface area contributed by atoms with Crippen molar-refractivity contribution in [2.45, 2.75) is 45.6 Å². The van der Waals surface area contributed by atoms with Crippen molar-refractivity contribution in [2.24, 2.45) is 0 Å². The second kappa shape index (κ2) is 6.86. The van der Waals surface area contributed by atoms with Gasteiger partial charge in [0.1, 0.15) is 0 Å². The Balaban J connectivity index is 2.06. The molecule has 122 valence electrons. The first kappa shape index (κ1) is 17.1. The largest absolute Gasteiger partial charge is 0.399 e. The zero-order chi connectivity index (χ0) is 17.0. The Bertz CT molecular complexity index is 677. The van der Waals surface area contributed by atoms with E-state index in [1.807, 2.05) is 32.0 Å². The lowest BCUT2D eigenvalue weighted by Gasteiger charge is -2.29. The summed E-state index contributed by atoms with van der Waals surface area (Å²) in [4.78, 5) is 12.5. The fraction of sp³-hybridized carbons (Fsp3) is 0.350. The van der Waals surface area contributed by atoms with E-state index in [1.54, 1.807) is 6.07 Å². The Morgan fingerprint density at radius 2 is 1.83 bits per heavy atom. The molecular weight excluding hydrogens is 284 g/mol. The van der Waals surface area contributed by atoms with Gasteiger partial charge in [0.05, 0.1) is 0 Å². The number of rotatable bonds is 5. The Morgan fingerprint density at radius 3 is 2.48 bits per heavy atom. The van der Waals surface area contributed by atoms with Gasteiger partial charge in [-0.3, -0.25) is 4.79 Å². The molecule has 0 aliphatic carbocycles. The predicted octanol–water partition coefficient (Wildman–Crippen LogP) is 4.06. The molecule has 2 aromatic carbocycles. The third-order valence-electron chi connectivity index (χ3n) is 4.26. The van der Waals surface area contributed by atoms with Crippen LogP contribution in [0.15, 0.2) is 48.5 Å². The van der Waals surface area contributed by atoms with Crippen molar-refractivity contribution >= 4 is 11.6 Å². The molecule has 0 spiro atoms. The first-order valence-electron chi connectivity index (χ1n) is 8.02. The van der Waals surface area contributed by atoms with E-state index in [0.29, 0.717) is 11.3 Å². The summed E-state index contributed by atoms with van der Waals surface area (Å²) in [5.74, 6) is -0.0637. The molecule has 0 radical (unpaired) electrons. The fourth-order valence-corrected chi connectivity index (χ4v) is 3.01. The van der Waals surface area contributed by atoms with Crippen molar-refractivity contribution in [1.82, 2.24) is 5.32 Å². The maximum absolute atomic E-state index is 12.5. The first-order chi connectivity index (χ1) is 10.8. The second-order valence-electron chi connectivity index (χ2n) is 6.90. The molecule has 1 atom stereocenters. The molecule has 2 rings (SSSR count). The summed E-state index contributed by atoms with van der Waals surface area (Å²) in [5.41, 5.74) is 9.26. The van der Waals surface area contributed by atoms with E-state index >= 15 is 0 Å². The van der Waals surface area contributed by atoms with Gasteiger partial charge in [-0.15, -0.1) is 0 Å². The van der Waals surface area contributed by atoms with Gasteiger partial charge in [0.15, 0.2) is 0 Å². The van der Waals surface area contributed by atoms with Crippen molar-refractivity contribution in [3.05, 3.63) is 65.2 Å². The van der Waals surface area contributed by atoms with E-state index in [9.17, 15) is 4.79 Å². The highest BCUT2D eigenvalue weighted by Crippen LogP contribution is 2.28. The average molecular weight is 310 g/mol. The van der Waals surface area contributed by atoms with Gasteiger partial charge >= 0.3 is 0 Å². The van der Waals surface area contributed by atoms with Crippen LogP contribution in [0.2, 0.25) is 0 Å². The molecule has 0 heterocycles. The van der Waals surface area contributed by atoms with Crippen molar-refractivity contribution in [3.8, 4) is 0 Å². The monoisotopic (exact) mass is 310 g/mol. The second-order valence-corrected chi connectivity index (χ2v) is 6.90. The summed E-state index contributed by atoms with van der Waals surface area (Å²) < 4.78 is 0. The summed E-state index contributed by atoms with van der Waals surface area (Å²) >= 11 is 0.